The number of aromatic nitrogens is 2. The van der Waals surface area contributed by atoms with Gasteiger partial charge in [-0.15, -0.1) is 0 Å². The SMILES string of the molecule is Cc1c(C(=O)CCc2ccccc2)cnn1C. The smallest absolute Gasteiger partial charge is 0.166 e. The lowest BCUT2D eigenvalue weighted by molar-refractivity contribution is 0.0982. The van der Waals surface area contributed by atoms with E-state index in [1.807, 2.05) is 44.3 Å². The second-order valence-electron chi connectivity index (χ2n) is 4.18. The van der Waals surface area contributed by atoms with E-state index in [1.165, 1.54) is 5.56 Å². The third-order valence-electron chi connectivity index (χ3n) is 3.02. The third kappa shape index (κ3) is 2.61. The maximum Gasteiger partial charge on any atom is 0.166 e. The first-order valence-electron chi connectivity index (χ1n) is 5.74. The van der Waals surface area contributed by atoms with Crippen molar-refractivity contribution in [1.29, 1.82) is 0 Å². The minimum atomic E-state index is 0.166. The number of ketones is 1. The molecule has 1 aromatic heterocycles. The van der Waals surface area contributed by atoms with Crippen molar-refractivity contribution >= 4 is 5.78 Å². The zero-order chi connectivity index (χ0) is 12.3. The van der Waals surface area contributed by atoms with E-state index in [0.717, 1.165) is 17.7 Å². The summed E-state index contributed by atoms with van der Waals surface area (Å²) in [6, 6.07) is 10.1. The quantitative estimate of drug-likeness (QED) is 0.754. The van der Waals surface area contributed by atoms with Gasteiger partial charge in [-0.2, -0.15) is 5.10 Å². The molecule has 0 amide bonds. The number of nitrogens with zero attached hydrogens (tertiary/aromatic N) is 2. The van der Waals surface area contributed by atoms with Crippen molar-refractivity contribution in [3.8, 4) is 0 Å². The Bertz CT molecular complexity index is 514. The predicted octanol–water partition coefficient (Wildman–Crippen LogP) is 2.54. The molecule has 0 atom stereocenters. The summed E-state index contributed by atoms with van der Waals surface area (Å²) in [6.45, 7) is 1.92. The van der Waals surface area contributed by atoms with Gasteiger partial charge in [-0.1, -0.05) is 30.3 Å². The molecule has 1 heterocycles. The molecule has 0 N–H and O–H groups in total. The van der Waals surface area contributed by atoms with Crippen molar-refractivity contribution in [2.45, 2.75) is 19.8 Å². The van der Waals surface area contributed by atoms with Crippen LogP contribution in [0.4, 0.5) is 0 Å². The molecular formula is C14H16N2O. The van der Waals surface area contributed by atoms with Gasteiger partial charge in [-0.05, 0) is 18.9 Å². The van der Waals surface area contributed by atoms with Crippen LogP contribution in [0.3, 0.4) is 0 Å². The fraction of sp³-hybridized carbons (Fsp3) is 0.286. The van der Waals surface area contributed by atoms with Gasteiger partial charge in [0.2, 0.25) is 0 Å². The van der Waals surface area contributed by atoms with Crippen molar-refractivity contribution in [1.82, 2.24) is 9.78 Å². The highest BCUT2D eigenvalue weighted by Crippen LogP contribution is 2.11. The summed E-state index contributed by atoms with van der Waals surface area (Å²) < 4.78 is 1.73. The van der Waals surface area contributed by atoms with Gasteiger partial charge in [0.15, 0.2) is 5.78 Å². The van der Waals surface area contributed by atoms with Gasteiger partial charge < -0.3 is 0 Å². The average Bonchev–Trinajstić information content (AvgIpc) is 2.69. The molecule has 3 nitrogen and oxygen atoms in total. The van der Waals surface area contributed by atoms with Crippen LogP contribution in [0.25, 0.3) is 0 Å². The number of Topliss-reactive ketones (excluding diaryl/α,β-unsaturated/α-hetero) is 1. The van der Waals surface area contributed by atoms with Crippen LogP contribution in [0.2, 0.25) is 0 Å². The summed E-state index contributed by atoms with van der Waals surface area (Å²) in [5.41, 5.74) is 2.87. The standard InChI is InChI=1S/C14H16N2O/c1-11-13(10-15-16(11)2)14(17)9-8-12-6-4-3-5-7-12/h3-7,10H,8-9H2,1-2H3. The van der Waals surface area contributed by atoms with Gasteiger partial charge in [0.25, 0.3) is 0 Å². The van der Waals surface area contributed by atoms with Gasteiger partial charge in [-0.25, -0.2) is 0 Å². The lowest BCUT2D eigenvalue weighted by atomic mass is 10.0. The van der Waals surface area contributed by atoms with E-state index in [4.69, 9.17) is 0 Å². The molecule has 0 bridgehead atoms. The van der Waals surface area contributed by atoms with Crippen LogP contribution < -0.4 is 0 Å². The molecule has 0 saturated heterocycles. The summed E-state index contributed by atoms with van der Waals surface area (Å²) in [5.74, 6) is 0.166. The Kier molecular flexibility index (Phi) is 3.38. The first kappa shape index (κ1) is 11.6. The zero-order valence-electron chi connectivity index (χ0n) is 10.2. The molecule has 88 valence electrons. The first-order chi connectivity index (χ1) is 8.18. The molecule has 0 aliphatic carbocycles. The van der Waals surface area contributed by atoms with Gasteiger partial charge in [0.1, 0.15) is 0 Å². The maximum atomic E-state index is 12.0. The zero-order valence-corrected chi connectivity index (χ0v) is 10.2. The van der Waals surface area contributed by atoms with E-state index in [0.29, 0.717) is 6.42 Å². The molecule has 1 aromatic carbocycles. The predicted molar refractivity (Wildman–Crippen MR) is 67.0 cm³/mol. The van der Waals surface area contributed by atoms with Gasteiger partial charge in [-0.3, -0.25) is 9.48 Å². The number of carbonyl (C=O) groups is 1. The molecule has 2 aromatic rings. The fourth-order valence-electron chi connectivity index (χ4n) is 1.81. The number of benzene rings is 1. The van der Waals surface area contributed by atoms with Crippen LogP contribution in [0.15, 0.2) is 36.5 Å². The van der Waals surface area contributed by atoms with E-state index in [-0.39, 0.29) is 5.78 Å². The van der Waals surface area contributed by atoms with Crippen LogP contribution in [0, 0.1) is 6.92 Å². The number of rotatable bonds is 4. The Labute approximate surface area is 101 Å². The lowest BCUT2D eigenvalue weighted by Gasteiger charge is -2.01. The minimum Gasteiger partial charge on any atom is -0.294 e. The first-order valence-corrected chi connectivity index (χ1v) is 5.74. The van der Waals surface area contributed by atoms with E-state index < -0.39 is 0 Å². The van der Waals surface area contributed by atoms with Crippen LogP contribution in [-0.4, -0.2) is 15.6 Å². The normalized spacial score (nSPS) is 10.5. The monoisotopic (exact) mass is 228 g/mol. The number of hydrogen-bond acceptors (Lipinski definition) is 2. The molecule has 0 aliphatic heterocycles. The number of aryl methyl sites for hydroxylation is 2. The van der Waals surface area contributed by atoms with Crippen LogP contribution in [0.1, 0.15) is 28.0 Å². The van der Waals surface area contributed by atoms with Gasteiger partial charge in [0.05, 0.1) is 11.8 Å². The molecular weight excluding hydrogens is 212 g/mol. The van der Waals surface area contributed by atoms with Crippen molar-refractivity contribution in [2.24, 2.45) is 7.05 Å². The Morgan fingerprint density at radius 1 is 1.29 bits per heavy atom. The molecule has 2 rings (SSSR count). The van der Waals surface area contributed by atoms with E-state index in [1.54, 1.807) is 10.9 Å². The van der Waals surface area contributed by atoms with E-state index in [9.17, 15) is 4.79 Å². The molecule has 0 unspecified atom stereocenters. The van der Waals surface area contributed by atoms with Crippen LogP contribution in [-0.2, 0) is 13.5 Å². The largest absolute Gasteiger partial charge is 0.294 e. The maximum absolute atomic E-state index is 12.0. The second-order valence-corrected chi connectivity index (χ2v) is 4.18. The van der Waals surface area contributed by atoms with Crippen molar-refractivity contribution in [3.63, 3.8) is 0 Å². The Morgan fingerprint density at radius 2 is 2.00 bits per heavy atom. The minimum absolute atomic E-state index is 0.166. The van der Waals surface area contributed by atoms with E-state index in [2.05, 4.69) is 5.10 Å². The highest BCUT2D eigenvalue weighted by molar-refractivity contribution is 5.96. The van der Waals surface area contributed by atoms with E-state index >= 15 is 0 Å². The summed E-state index contributed by atoms with van der Waals surface area (Å²) >= 11 is 0. The lowest BCUT2D eigenvalue weighted by Crippen LogP contribution is -2.03. The van der Waals surface area contributed by atoms with Crippen LogP contribution in [0.5, 0.6) is 0 Å². The third-order valence-corrected chi connectivity index (χ3v) is 3.02. The van der Waals surface area contributed by atoms with Crippen molar-refractivity contribution in [2.75, 3.05) is 0 Å². The number of carbonyl (C=O) groups excluding carboxylic acids is 1. The van der Waals surface area contributed by atoms with Crippen LogP contribution >= 0.6 is 0 Å². The fourth-order valence-corrected chi connectivity index (χ4v) is 1.81. The summed E-state index contributed by atoms with van der Waals surface area (Å²) in [5, 5.41) is 4.09. The molecule has 0 spiro atoms. The Balaban J connectivity index is 2.01. The van der Waals surface area contributed by atoms with Crippen molar-refractivity contribution in [3.05, 3.63) is 53.3 Å². The number of hydrogen-bond donors (Lipinski definition) is 0. The second kappa shape index (κ2) is 4.95. The topological polar surface area (TPSA) is 34.9 Å². The highest BCUT2D eigenvalue weighted by Gasteiger charge is 2.12. The van der Waals surface area contributed by atoms with Gasteiger partial charge in [0, 0.05) is 19.2 Å². The summed E-state index contributed by atoms with van der Waals surface area (Å²) in [7, 11) is 1.85. The molecule has 0 saturated carbocycles. The van der Waals surface area contributed by atoms with Crippen molar-refractivity contribution < 1.29 is 4.79 Å². The highest BCUT2D eigenvalue weighted by atomic mass is 16.1. The molecule has 0 radical (unpaired) electrons. The molecule has 0 fully saturated rings. The molecule has 17 heavy (non-hydrogen) atoms. The molecule has 0 aliphatic rings. The molecule has 3 heteroatoms. The Hall–Kier alpha value is -1.90. The Morgan fingerprint density at radius 3 is 2.59 bits per heavy atom. The van der Waals surface area contributed by atoms with Gasteiger partial charge >= 0.3 is 0 Å². The summed E-state index contributed by atoms with van der Waals surface area (Å²) in [4.78, 5) is 12.0. The average molecular weight is 228 g/mol. The summed E-state index contributed by atoms with van der Waals surface area (Å²) in [6.07, 6.45) is 2.98.